The zero-order chi connectivity index (χ0) is 9.68. The van der Waals surface area contributed by atoms with Crippen LogP contribution in [0.3, 0.4) is 0 Å². The summed E-state index contributed by atoms with van der Waals surface area (Å²) in [6, 6.07) is 0. The lowest BCUT2D eigenvalue weighted by molar-refractivity contribution is -0.0618. The van der Waals surface area contributed by atoms with Crippen molar-refractivity contribution in [3.63, 3.8) is 0 Å². The molecule has 1 rings (SSSR count). The molecule has 13 heavy (non-hydrogen) atoms. The third-order valence-corrected chi connectivity index (χ3v) is 3.38. The van der Waals surface area contributed by atoms with E-state index in [2.05, 4.69) is 20.8 Å². The van der Waals surface area contributed by atoms with Gasteiger partial charge in [0.1, 0.15) is 0 Å². The van der Waals surface area contributed by atoms with Crippen LogP contribution in [0.25, 0.3) is 0 Å². The van der Waals surface area contributed by atoms with Gasteiger partial charge in [0.2, 0.25) is 0 Å². The van der Waals surface area contributed by atoms with E-state index in [0.717, 1.165) is 18.4 Å². The molecule has 0 aromatic carbocycles. The Morgan fingerprint density at radius 2 is 1.92 bits per heavy atom. The standard InChI is InChI=1S/C12H24O/c1-4-7-12-11(6-3)8-10(5-2)9-13-12/h10-12H,4-9H2,1-3H3/t10-,11-,12-/m0/s1. The maximum atomic E-state index is 5.93. The topological polar surface area (TPSA) is 9.23 Å². The number of rotatable bonds is 4. The van der Waals surface area contributed by atoms with E-state index in [9.17, 15) is 0 Å². The normalized spacial score (nSPS) is 34.8. The van der Waals surface area contributed by atoms with Crippen molar-refractivity contribution in [3.8, 4) is 0 Å². The van der Waals surface area contributed by atoms with Crippen LogP contribution in [0, 0.1) is 11.8 Å². The second-order valence-corrected chi connectivity index (χ2v) is 4.34. The van der Waals surface area contributed by atoms with Crippen LogP contribution in [0.5, 0.6) is 0 Å². The van der Waals surface area contributed by atoms with Crippen molar-refractivity contribution >= 4 is 0 Å². The van der Waals surface area contributed by atoms with Gasteiger partial charge in [-0.15, -0.1) is 0 Å². The van der Waals surface area contributed by atoms with Crippen molar-refractivity contribution in [2.45, 2.75) is 59.0 Å². The monoisotopic (exact) mass is 184 g/mol. The van der Waals surface area contributed by atoms with E-state index in [1.54, 1.807) is 0 Å². The molecule has 1 heteroatoms. The first-order chi connectivity index (χ1) is 6.31. The van der Waals surface area contributed by atoms with Crippen LogP contribution in [0.4, 0.5) is 0 Å². The lowest BCUT2D eigenvalue weighted by Crippen LogP contribution is -2.34. The summed E-state index contributed by atoms with van der Waals surface area (Å²) in [4.78, 5) is 0. The Hall–Kier alpha value is -0.0400. The smallest absolute Gasteiger partial charge is 0.0603 e. The van der Waals surface area contributed by atoms with Gasteiger partial charge in [0.05, 0.1) is 6.10 Å². The van der Waals surface area contributed by atoms with Gasteiger partial charge in [0.25, 0.3) is 0 Å². The third kappa shape index (κ3) is 2.98. The van der Waals surface area contributed by atoms with E-state index in [1.165, 1.54) is 32.1 Å². The van der Waals surface area contributed by atoms with Crippen molar-refractivity contribution in [1.82, 2.24) is 0 Å². The van der Waals surface area contributed by atoms with Gasteiger partial charge in [0.15, 0.2) is 0 Å². The molecule has 0 amide bonds. The Morgan fingerprint density at radius 1 is 1.15 bits per heavy atom. The number of hydrogen-bond donors (Lipinski definition) is 0. The Labute approximate surface area is 82.9 Å². The van der Waals surface area contributed by atoms with Crippen molar-refractivity contribution in [2.75, 3.05) is 6.61 Å². The van der Waals surface area contributed by atoms with Gasteiger partial charge in [-0.2, -0.15) is 0 Å². The van der Waals surface area contributed by atoms with Crippen molar-refractivity contribution in [1.29, 1.82) is 0 Å². The van der Waals surface area contributed by atoms with Gasteiger partial charge in [-0.25, -0.2) is 0 Å². The molecule has 0 aromatic heterocycles. The predicted octanol–water partition coefficient (Wildman–Crippen LogP) is 3.63. The molecule has 0 spiro atoms. The lowest BCUT2D eigenvalue weighted by atomic mass is 9.83. The molecule has 1 saturated heterocycles. The van der Waals surface area contributed by atoms with Crippen LogP contribution in [0.2, 0.25) is 0 Å². The fraction of sp³-hybridized carbons (Fsp3) is 1.00. The van der Waals surface area contributed by atoms with E-state index in [0.29, 0.717) is 6.10 Å². The molecule has 0 N–H and O–H groups in total. The molecule has 1 aliphatic heterocycles. The van der Waals surface area contributed by atoms with Crippen LogP contribution in [0.1, 0.15) is 52.9 Å². The van der Waals surface area contributed by atoms with Crippen LogP contribution < -0.4 is 0 Å². The van der Waals surface area contributed by atoms with Gasteiger partial charge in [-0.05, 0) is 24.7 Å². The molecule has 0 saturated carbocycles. The summed E-state index contributed by atoms with van der Waals surface area (Å²) < 4.78 is 5.93. The summed E-state index contributed by atoms with van der Waals surface area (Å²) in [7, 11) is 0. The van der Waals surface area contributed by atoms with E-state index in [4.69, 9.17) is 4.74 Å². The summed E-state index contributed by atoms with van der Waals surface area (Å²) in [6.07, 6.45) is 7.07. The van der Waals surface area contributed by atoms with Crippen molar-refractivity contribution in [3.05, 3.63) is 0 Å². The molecule has 0 radical (unpaired) electrons. The minimum absolute atomic E-state index is 0.567. The van der Waals surface area contributed by atoms with Gasteiger partial charge >= 0.3 is 0 Å². The maximum Gasteiger partial charge on any atom is 0.0603 e. The van der Waals surface area contributed by atoms with E-state index < -0.39 is 0 Å². The molecule has 0 aliphatic carbocycles. The molecule has 0 bridgehead atoms. The summed E-state index contributed by atoms with van der Waals surface area (Å²) in [5, 5.41) is 0. The van der Waals surface area contributed by atoms with Crippen molar-refractivity contribution < 1.29 is 4.74 Å². The first-order valence-corrected chi connectivity index (χ1v) is 5.93. The van der Waals surface area contributed by atoms with Crippen LogP contribution in [-0.4, -0.2) is 12.7 Å². The molecule has 3 atom stereocenters. The van der Waals surface area contributed by atoms with Gasteiger partial charge in [-0.1, -0.05) is 40.0 Å². The van der Waals surface area contributed by atoms with Gasteiger partial charge < -0.3 is 4.74 Å². The van der Waals surface area contributed by atoms with E-state index >= 15 is 0 Å². The molecule has 1 fully saturated rings. The highest BCUT2D eigenvalue weighted by Crippen LogP contribution is 2.31. The summed E-state index contributed by atoms with van der Waals surface area (Å²) in [5.41, 5.74) is 0. The summed E-state index contributed by atoms with van der Waals surface area (Å²) in [5.74, 6) is 1.66. The van der Waals surface area contributed by atoms with Gasteiger partial charge in [-0.3, -0.25) is 0 Å². The van der Waals surface area contributed by atoms with Crippen LogP contribution >= 0.6 is 0 Å². The zero-order valence-electron chi connectivity index (χ0n) is 9.38. The molecule has 1 aliphatic rings. The second kappa shape index (κ2) is 5.64. The number of hydrogen-bond acceptors (Lipinski definition) is 1. The fourth-order valence-electron chi connectivity index (χ4n) is 2.36. The average molecular weight is 184 g/mol. The Morgan fingerprint density at radius 3 is 2.46 bits per heavy atom. The summed E-state index contributed by atoms with van der Waals surface area (Å²) >= 11 is 0. The minimum atomic E-state index is 0.567. The molecule has 78 valence electrons. The summed E-state index contributed by atoms with van der Waals surface area (Å²) in [6.45, 7) is 7.84. The minimum Gasteiger partial charge on any atom is -0.378 e. The largest absolute Gasteiger partial charge is 0.378 e. The lowest BCUT2D eigenvalue weighted by Gasteiger charge is -2.35. The quantitative estimate of drug-likeness (QED) is 0.648. The van der Waals surface area contributed by atoms with E-state index in [-0.39, 0.29) is 0 Å². The molecule has 1 heterocycles. The van der Waals surface area contributed by atoms with Crippen molar-refractivity contribution in [2.24, 2.45) is 11.8 Å². The Balaban J connectivity index is 2.40. The Kier molecular flexibility index (Phi) is 4.79. The number of ether oxygens (including phenoxy) is 1. The average Bonchev–Trinajstić information content (AvgIpc) is 2.19. The SMILES string of the molecule is CCC[C@@H]1OC[C@@H](CC)C[C@@H]1CC. The molecular weight excluding hydrogens is 160 g/mol. The first kappa shape index (κ1) is 11.0. The Bertz CT molecular complexity index is 133. The molecule has 0 aromatic rings. The highest BCUT2D eigenvalue weighted by atomic mass is 16.5. The van der Waals surface area contributed by atoms with Crippen LogP contribution in [0.15, 0.2) is 0 Å². The molecular formula is C12H24O. The van der Waals surface area contributed by atoms with Gasteiger partial charge in [0, 0.05) is 6.61 Å². The zero-order valence-corrected chi connectivity index (χ0v) is 9.38. The maximum absolute atomic E-state index is 5.93. The predicted molar refractivity (Wildman–Crippen MR) is 56.8 cm³/mol. The highest BCUT2D eigenvalue weighted by molar-refractivity contribution is 4.77. The molecule has 0 unspecified atom stereocenters. The van der Waals surface area contributed by atoms with E-state index in [1.807, 2.05) is 0 Å². The second-order valence-electron chi connectivity index (χ2n) is 4.34. The first-order valence-electron chi connectivity index (χ1n) is 5.93. The third-order valence-electron chi connectivity index (χ3n) is 3.38. The van der Waals surface area contributed by atoms with Crippen LogP contribution in [-0.2, 0) is 4.74 Å². The highest BCUT2D eigenvalue weighted by Gasteiger charge is 2.28. The fourth-order valence-corrected chi connectivity index (χ4v) is 2.36. The molecule has 1 nitrogen and oxygen atoms in total.